The largest absolute Gasteiger partial charge is 0.384 e. The Morgan fingerprint density at radius 1 is 1.00 bits per heavy atom. The predicted molar refractivity (Wildman–Crippen MR) is 78.8 cm³/mol. The number of hydrogen-bond acceptors (Lipinski definition) is 1. The van der Waals surface area contributed by atoms with Gasteiger partial charge in [0.25, 0.3) is 0 Å². The summed E-state index contributed by atoms with van der Waals surface area (Å²) in [5, 5.41) is 12.4. The molecule has 0 spiro atoms. The van der Waals surface area contributed by atoms with E-state index >= 15 is 0 Å². The van der Waals surface area contributed by atoms with Gasteiger partial charge in [-0.05, 0) is 35.4 Å². The summed E-state index contributed by atoms with van der Waals surface area (Å²) in [5.41, 5.74) is 2.57. The molecular weight excluding hydrogens is 281 g/mol. The van der Waals surface area contributed by atoms with Crippen molar-refractivity contribution in [2.45, 2.75) is 6.10 Å². The molecule has 2 nitrogen and oxygen atoms in total. The summed E-state index contributed by atoms with van der Waals surface area (Å²) < 4.78 is 0. The van der Waals surface area contributed by atoms with E-state index in [-0.39, 0.29) is 0 Å². The number of aliphatic hydroxyl groups excluding tert-OH is 1. The number of benzene rings is 2. The van der Waals surface area contributed by atoms with Gasteiger partial charge in [-0.2, -0.15) is 0 Å². The van der Waals surface area contributed by atoms with Gasteiger partial charge in [-0.1, -0.05) is 41.4 Å². The number of nitrogens with one attached hydrogen (secondary N) is 1. The third kappa shape index (κ3) is 2.23. The molecule has 0 aliphatic carbocycles. The third-order valence-corrected chi connectivity index (χ3v) is 3.92. The van der Waals surface area contributed by atoms with Gasteiger partial charge in [0.15, 0.2) is 0 Å². The second-order valence-corrected chi connectivity index (χ2v) is 5.18. The molecule has 96 valence electrons. The van der Waals surface area contributed by atoms with Gasteiger partial charge in [0.2, 0.25) is 0 Å². The first-order chi connectivity index (χ1) is 9.16. The van der Waals surface area contributed by atoms with Crippen LogP contribution in [0.4, 0.5) is 0 Å². The van der Waals surface area contributed by atoms with Gasteiger partial charge in [-0.15, -0.1) is 0 Å². The fourth-order valence-corrected chi connectivity index (χ4v) is 2.52. The maximum atomic E-state index is 10.5. The van der Waals surface area contributed by atoms with E-state index in [0.29, 0.717) is 10.0 Å². The Kier molecular flexibility index (Phi) is 3.23. The Bertz CT molecular complexity index is 736. The van der Waals surface area contributed by atoms with Crippen LogP contribution in [0, 0.1) is 0 Å². The molecule has 3 aromatic rings. The van der Waals surface area contributed by atoms with Gasteiger partial charge in [0, 0.05) is 17.1 Å². The van der Waals surface area contributed by atoms with Crippen LogP contribution in [0.3, 0.4) is 0 Å². The van der Waals surface area contributed by atoms with Crippen molar-refractivity contribution >= 4 is 34.1 Å². The fraction of sp³-hybridized carbons (Fsp3) is 0.0667. The number of H-pyrrole nitrogens is 1. The average molecular weight is 292 g/mol. The normalized spacial score (nSPS) is 12.8. The van der Waals surface area contributed by atoms with Crippen LogP contribution in [-0.2, 0) is 0 Å². The summed E-state index contributed by atoms with van der Waals surface area (Å²) in [5.74, 6) is 0. The molecule has 1 heterocycles. The highest BCUT2D eigenvalue weighted by Gasteiger charge is 2.14. The number of halogens is 2. The van der Waals surface area contributed by atoms with Crippen molar-refractivity contribution in [2.24, 2.45) is 0 Å². The van der Waals surface area contributed by atoms with Crippen molar-refractivity contribution in [3.63, 3.8) is 0 Å². The number of fused-ring (bicyclic) bond motifs is 1. The number of aromatic nitrogens is 1. The number of aromatic amines is 1. The molecule has 0 saturated carbocycles. The molecule has 2 N–H and O–H groups in total. The molecule has 1 atom stereocenters. The van der Waals surface area contributed by atoms with Crippen LogP contribution in [0.5, 0.6) is 0 Å². The standard InChI is InChI=1S/C15H11Cl2NO/c16-12-5-4-9(8-13(12)17)15(19)11-2-1-3-14-10(11)6-7-18-14/h1-8,15,18-19H. The minimum atomic E-state index is -0.728. The van der Waals surface area contributed by atoms with E-state index in [0.717, 1.165) is 22.0 Å². The molecule has 1 aromatic heterocycles. The Hall–Kier alpha value is -1.48. The fourth-order valence-electron chi connectivity index (χ4n) is 2.21. The van der Waals surface area contributed by atoms with E-state index in [1.165, 1.54) is 0 Å². The molecule has 4 heteroatoms. The highest BCUT2D eigenvalue weighted by atomic mass is 35.5. The molecule has 0 aliphatic heterocycles. The predicted octanol–water partition coefficient (Wildman–Crippen LogP) is 4.56. The Labute approximate surface area is 120 Å². The molecule has 0 radical (unpaired) electrons. The summed E-state index contributed by atoms with van der Waals surface area (Å²) in [6.07, 6.45) is 1.13. The van der Waals surface area contributed by atoms with E-state index in [1.54, 1.807) is 18.2 Å². The van der Waals surface area contributed by atoms with Gasteiger partial charge in [-0.3, -0.25) is 0 Å². The van der Waals surface area contributed by atoms with Crippen molar-refractivity contribution in [3.05, 3.63) is 69.8 Å². The minimum Gasteiger partial charge on any atom is -0.384 e. The lowest BCUT2D eigenvalue weighted by atomic mass is 9.98. The van der Waals surface area contributed by atoms with E-state index < -0.39 is 6.10 Å². The maximum Gasteiger partial charge on any atom is 0.105 e. The number of aliphatic hydroxyl groups is 1. The zero-order chi connectivity index (χ0) is 13.4. The molecule has 19 heavy (non-hydrogen) atoms. The second-order valence-electron chi connectivity index (χ2n) is 4.36. The minimum absolute atomic E-state index is 0.444. The average Bonchev–Trinajstić information content (AvgIpc) is 2.89. The molecule has 2 aromatic carbocycles. The van der Waals surface area contributed by atoms with Crippen LogP contribution in [0.2, 0.25) is 10.0 Å². The number of hydrogen-bond donors (Lipinski definition) is 2. The maximum absolute atomic E-state index is 10.5. The van der Waals surface area contributed by atoms with Crippen LogP contribution in [-0.4, -0.2) is 10.1 Å². The lowest BCUT2D eigenvalue weighted by Gasteiger charge is -2.13. The molecule has 0 fully saturated rings. The topological polar surface area (TPSA) is 36.0 Å². The van der Waals surface area contributed by atoms with Crippen molar-refractivity contribution in [1.82, 2.24) is 4.98 Å². The van der Waals surface area contributed by atoms with Crippen LogP contribution >= 0.6 is 23.2 Å². The zero-order valence-corrected chi connectivity index (χ0v) is 11.4. The van der Waals surface area contributed by atoms with Crippen molar-refractivity contribution < 1.29 is 5.11 Å². The molecule has 0 aliphatic rings. The summed E-state index contributed by atoms with van der Waals surface area (Å²) in [6.45, 7) is 0. The third-order valence-electron chi connectivity index (χ3n) is 3.18. The lowest BCUT2D eigenvalue weighted by Crippen LogP contribution is -2.00. The molecule has 1 unspecified atom stereocenters. The molecule has 0 saturated heterocycles. The summed E-state index contributed by atoms with van der Waals surface area (Å²) in [6, 6.07) is 12.9. The summed E-state index contributed by atoms with van der Waals surface area (Å²) in [7, 11) is 0. The van der Waals surface area contributed by atoms with Crippen LogP contribution < -0.4 is 0 Å². The van der Waals surface area contributed by atoms with Gasteiger partial charge in [0.05, 0.1) is 10.0 Å². The first kappa shape index (κ1) is 12.5. The monoisotopic (exact) mass is 291 g/mol. The van der Waals surface area contributed by atoms with E-state index in [4.69, 9.17) is 23.2 Å². The van der Waals surface area contributed by atoms with Crippen LogP contribution in [0.25, 0.3) is 10.9 Å². The van der Waals surface area contributed by atoms with E-state index in [2.05, 4.69) is 4.98 Å². The number of rotatable bonds is 2. The second kappa shape index (κ2) is 4.89. The van der Waals surface area contributed by atoms with Gasteiger partial charge in [-0.25, -0.2) is 0 Å². The quantitative estimate of drug-likeness (QED) is 0.714. The van der Waals surface area contributed by atoms with Crippen molar-refractivity contribution in [1.29, 1.82) is 0 Å². The molecule has 0 amide bonds. The van der Waals surface area contributed by atoms with E-state index in [1.807, 2.05) is 30.5 Å². The van der Waals surface area contributed by atoms with Crippen molar-refractivity contribution in [2.75, 3.05) is 0 Å². The first-order valence-corrected chi connectivity index (χ1v) is 6.61. The zero-order valence-electron chi connectivity index (χ0n) is 9.90. The van der Waals surface area contributed by atoms with Gasteiger partial charge >= 0.3 is 0 Å². The SMILES string of the molecule is OC(c1ccc(Cl)c(Cl)c1)c1cccc2[nH]ccc12. The lowest BCUT2D eigenvalue weighted by molar-refractivity contribution is 0.222. The molecular formula is C15H11Cl2NO. The van der Waals surface area contributed by atoms with E-state index in [9.17, 15) is 5.11 Å². The molecule has 0 bridgehead atoms. The van der Waals surface area contributed by atoms with Gasteiger partial charge < -0.3 is 10.1 Å². The van der Waals surface area contributed by atoms with Gasteiger partial charge in [0.1, 0.15) is 6.10 Å². The Morgan fingerprint density at radius 2 is 1.84 bits per heavy atom. The Balaban J connectivity index is 2.10. The summed E-state index contributed by atoms with van der Waals surface area (Å²) >= 11 is 11.9. The highest BCUT2D eigenvalue weighted by molar-refractivity contribution is 6.42. The summed E-state index contributed by atoms with van der Waals surface area (Å²) in [4.78, 5) is 3.13. The first-order valence-electron chi connectivity index (χ1n) is 5.86. The highest BCUT2D eigenvalue weighted by Crippen LogP contribution is 2.31. The Morgan fingerprint density at radius 3 is 2.63 bits per heavy atom. The smallest absolute Gasteiger partial charge is 0.105 e. The van der Waals surface area contributed by atoms with Crippen LogP contribution in [0.15, 0.2) is 48.7 Å². The van der Waals surface area contributed by atoms with Crippen molar-refractivity contribution in [3.8, 4) is 0 Å². The van der Waals surface area contributed by atoms with Crippen LogP contribution in [0.1, 0.15) is 17.2 Å². The molecule has 3 rings (SSSR count).